The molecule has 6 nitrogen and oxygen atoms in total. The van der Waals surface area contributed by atoms with Crippen molar-refractivity contribution < 1.29 is 14.7 Å². The molecule has 0 saturated heterocycles. The van der Waals surface area contributed by atoms with E-state index in [-0.39, 0.29) is 5.56 Å². The van der Waals surface area contributed by atoms with Gasteiger partial charge in [0.25, 0.3) is 0 Å². The Bertz CT molecular complexity index is 527. The van der Waals surface area contributed by atoms with Gasteiger partial charge in [-0.3, -0.25) is 4.79 Å². The Hall–Kier alpha value is -2.73. The molecule has 0 saturated carbocycles. The van der Waals surface area contributed by atoms with E-state index in [1.807, 2.05) is 18.2 Å². The Morgan fingerprint density at radius 1 is 1.21 bits per heavy atom. The molecule has 98 valence electrons. The highest BCUT2D eigenvalue weighted by molar-refractivity contribution is 5.87. The summed E-state index contributed by atoms with van der Waals surface area (Å²) < 4.78 is 0. The van der Waals surface area contributed by atoms with Crippen molar-refractivity contribution in [2.75, 3.05) is 5.43 Å². The quantitative estimate of drug-likeness (QED) is 0.439. The van der Waals surface area contributed by atoms with E-state index in [1.54, 1.807) is 12.1 Å². The summed E-state index contributed by atoms with van der Waals surface area (Å²) in [6, 6.07) is 12.0. The van der Waals surface area contributed by atoms with E-state index < -0.39 is 5.97 Å². The van der Waals surface area contributed by atoms with E-state index in [0.29, 0.717) is 5.82 Å². The van der Waals surface area contributed by atoms with Crippen molar-refractivity contribution in [1.82, 2.24) is 4.98 Å². The third kappa shape index (κ3) is 4.97. The topological polar surface area (TPSA) is 105 Å². The molecule has 1 aromatic carbocycles. The maximum Gasteiger partial charge on any atom is 0.337 e. The van der Waals surface area contributed by atoms with Gasteiger partial charge < -0.3 is 10.5 Å². The Morgan fingerprint density at radius 3 is 2.26 bits per heavy atom. The third-order valence-corrected chi connectivity index (χ3v) is 2.09. The number of carbonyl (C=O) groups is 2. The number of nitrogens with two attached hydrogens (primary N) is 1. The van der Waals surface area contributed by atoms with Crippen LogP contribution in [0.25, 0.3) is 0 Å². The molecule has 19 heavy (non-hydrogen) atoms. The lowest BCUT2D eigenvalue weighted by atomic mass is 10.2. The van der Waals surface area contributed by atoms with Gasteiger partial charge in [-0.25, -0.2) is 15.6 Å². The molecule has 0 aliphatic carbocycles. The summed E-state index contributed by atoms with van der Waals surface area (Å²) in [6.07, 6.45) is 2.07. The maximum atomic E-state index is 10.3. The first-order chi connectivity index (χ1) is 9.17. The molecule has 0 amide bonds. The number of nitrogen functional groups attached to an aromatic ring is 1. The van der Waals surface area contributed by atoms with Crippen LogP contribution < -0.4 is 11.3 Å². The van der Waals surface area contributed by atoms with E-state index >= 15 is 0 Å². The number of pyridine rings is 1. The van der Waals surface area contributed by atoms with Crippen LogP contribution in [0, 0.1) is 0 Å². The van der Waals surface area contributed by atoms with Crippen LogP contribution in [0.3, 0.4) is 0 Å². The number of nitrogens with zero attached hydrogens (tertiary/aromatic N) is 1. The molecule has 2 aromatic rings. The number of carboxylic acid groups (broad SMARTS) is 1. The Balaban J connectivity index is 0.000000200. The second-order valence-electron chi connectivity index (χ2n) is 3.41. The van der Waals surface area contributed by atoms with Gasteiger partial charge >= 0.3 is 5.97 Å². The molecule has 1 heterocycles. The molecule has 0 unspecified atom stereocenters. The van der Waals surface area contributed by atoms with E-state index in [1.165, 1.54) is 18.3 Å². The number of hydrogen-bond donors (Lipinski definition) is 3. The number of rotatable bonds is 3. The largest absolute Gasteiger partial charge is 0.478 e. The van der Waals surface area contributed by atoms with Crippen molar-refractivity contribution >= 4 is 18.1 Å². The van der Waals surface area contributed by atoms with E-state index in [4.69, 9.17) is 10.9 Å². The zero-order valence-electron chi connectivity index (χ0n) is 9.98. The zero-order valence-corrected chi connectivity index (χ0v) is 9.98. The van der Waals surface area contributed by atoms with Gasteiger partial charge in [-0.05, 0) is 12.1 Å². The van der Waals surface area contributed by atoms with Crippen LogP contribution in [-0.2, 0) is 0 Å². The normalized spacial score (nSPS) is 8.89. The molecule has 2 rings (SSSR count). The molecule has 6 heteroatoms. The molecule has 0 aliphatic heterocycles. The predicted octanol–water partition coefficient (Wildman–Crippen LogP) is 1.56. The molecule has 0 atom stereocenters. The second kappa shape index (κ2) is 7.57. The first kappa shape index (κ1) is 14.3. The number of aldehydes is 1. The molecule has 0 aliphatic rings. The SMILES string of the molecule is NNc1ccc(C(=O)O)cn1.O=Cc1ccccc1. The smallest absolute Gasteiger partial charge is 0.337 e. The highest BCUT2D eigenvalue weighted by atomic mass is 16.4. The third-order valence-electron chi connectivity index (χ3n) is 2.09. The van der Waals surface area contributed by atoms with Gasteiger partial charge in [0.15, 0.2) is 0 Å². The second-order valence-corrected chi connectivity index (χ2v) is 3.41. The van der Waals surface area contributed by atoms with Gasteiger partial charge in [-0.1, -0.05) is 30.3 Å². The molecule has 4 N–H and O–H groups in total. The molecule has 0 radical (unpaired) electrons. The number of carbonyl (C=O) groups excluding carboxylic acids is 1. The van der Waals surface area contributed by atoms with Crippen LogP contribution in [0.2, 0.25) is 0 Å². The lowest BCUT2D eigenvalue weighted by Gasteiger charge is -1.97. The average molecular weight is 259 g/mol. The van der Waals surface area contributed by atoms with Crippen LogP contribution in [0.1, 0.15) is 20.7 Å². The summed E-state index contributed by atoms with van der Waals surface area (Å²) in [7, 11) is 0. The Labute approximate surface area is 109 Å². The van der Waals surface area contributed by atoms with Crippen molar-refractivity contribution in [3.8, 4) is 0 Å². The molecule has 0 bridgehead atoms. The number of aromatic carboxylic acids is 1. The summed E-state index contributed by atoms with van der Waals surface area (Å²) in [5, 5.41) is 8.46. The lowest BCUT2D eigenvalue weighted by Crippen LogP contribution is -2.08. The highest BCUT2D eigenvalue weighted by Gasteiger charge is 2.00. The summed E-state index contributed by atoms with van der Waals surface area (Å²) in [4.78, 5) is 24.0. The van der Waals surface area contributed by atoms with Crippen molar-refractivity contribution in [3.05, 3.63) is 59.8 Å². The standard InChI is InChI=1S/C7H6O.C6H7N3O2/c8-6-7-4-2-1-3-5-7;7-9-5-2-1-4(3-8-5)6(10)11/h1-6H;1-3H,7H2,(H,8,9)(H,10,11). The van der Waals surface area contributed by atoms with Crippen LogP contribution >= 0.6 is 0 Å². The van der Waals surface area contributed by atoms with Crippen molar-refractivity contribution in [1.29, 1.82) is 0 Å². The summed E-state index contributed by atoms with van der Waals surface area (Å²) in [6.45, 7) is 0. The number of aromatic nitrogens is 1. The highest BCUT2D eigenvalue weighted by Crippen LogP contribution is 2.02. The molecule has 0 spiro atoms. The number of nitrogens with one attached hydrogen (secondary N) is 1. The number of anilines is 1. The minimum atomic E-state index is -0.999. The minimum absolute atomic E-state index is 0.143. The van der Waals surface area contributed by atoms with Gasteiger partial charge in [-0.2, -0.15) is 0 Å². The van der Waals surface area contributed by atoms with Crippen LogP contribution in [0.4, 0.5) is 5.82 Å². The van der Waals surface area contributed by atoms with Crippen molar-refractivity contribution in [3.63, 3.8) is 0 Å². The number of carboxylic acids is 1. The summed E-state index contributed by atoms with van der Waals surface area (Å²) >= 11 is 0. The molecular formula is C13H13N3O3. The van der Waals surface area contributed by atoms with E-state index in [9.17, 15) is 9.59 Å². The van der Waals surface area contributed by atoms with Gasteiger partial charge in [0, 0.05) is 11.8 Å². The fraction of sp³-hybridized carbons (Fsp3) is 0. The van der Waals surface area contributed by atoms with Crippen molar-refractivity contribution in [2.24, 2.45) is 5.84 Å². The summed E-state index contributed by atoms with van der Waals surface area (Å²) in [5.41, 5.74) is 3.16. The average Bonchev–Trinajstić information content (AvgIpc) is 2.48. The first-order valence-corrected chi connectivity index (χ1v) is 5.33. The van der Waals surface area contributed by atoms with E-state index in [2.05, 4.69) is 10.4 Å². The maximum absolute atomic E-state index is 10.3. The van der Waals surface area contributed by atoms with Crippen LogP contribution in [0.5, 0.6) is 0 Å². The minimum Gasteiger partial charge on any atom is -0.478 e. The molecule has 1 aromatic heterocycles. The fourth-order valence-corrected chi connectivity index (χ4v) is 1.14. The van der Waals surface area contributed by atoms with Gasteiger partial charge in [0.2, 0.25) is 0 Å². The Kier molecular flexibility index (Phi) is 5.71. The summed E-state index contributed by atoms with van der Waals surface area (Å²) in [5.74, 6) is 4.46. The van der Waals surface area contributed by atoms with Crippen molar-refractivity contribution in [2.45, 2.75) is 0 Å². The van der Waals surface area contributed by atoms with Gasteiger partial charge in [-0.15, -0.1) is 0 Å². The zero-order chi connectivity index (χ0) is 14.1. The van der Waals surface area contributed by atoms with Crippen LogP contribution in [0.15, 0.2) is 48.7 Å². The number of hydrazine groups is 1. The van der Waals surface area contributed by atoms with Gasteiger partial charge in [0.1, 0.15) is 12.1 Å². The number of hydrogen-bond acceptors (Lipinski definition) is 5. The number of benzene rings is 1. The Morgan fingerprint density at radius 2 is 1.89 bits per heavy atom. The fourth-order valence-electron chi connectivity index (χ4n) is 1.14. The van der Waals surface area contributed by atoms with Gasteiger partial charge in [0.05, 0.1) is 5.56 Å². The monoisotopic (exact) mass is 259 g/mol. The predicted molar refractivity (Wildman–Crippen MR) is 70.8 cm³/mol. The van der Waals surface area contributed by atoms with E-state index in [0.717, 1.165) is 11.8 Å². The molecule has 0 fully saturated rings. The lowest BCUT2D eigenvalue weighted by molar-refractivity contribution is 0.0696. The first-order valence-electron chi connectivity index (χ1n) is 5.33. The van der Waals surface area contributed by atoms with Crippen LogP contribution in [-0.4, -0.2) is 22.3 Å². The molecular weight excluding hydrogens is 246 g/mol.